The van der Waals surface area contributed by atoms with Gasteiger partial charge in [-0.1, -0.05) is 12.8 Å². The number of amides is 2. The molecule has 1 aliphatic carbocycles. The standard InChI is InChI=1S/C15H20N4O2/c1-10-13(20)18-15(6-3-4-7-15)14(21)19(10)9-12-5-8-16-11(2)17-12/h5,8,10H,3-4,6-7,9H2,1-2H3,(H,18,20). The molecule has 6 heteroatoms. The fourth-order valence-electron chi connectivity index (χ4n) is 3.28. The summed E-state index contributed by atoms with van der Waals surface area (Å²) >= 11 is 0. The van der Waals surface area contributed by atoms with Gasteiger partial charge in [0.25, 0.3) is 0 Å². The van der Waals surface area contributed by atoms with Crippen molar-refractivity contribution in [3.63, 3.8) is 0 Å². The van der Waals surface area contributed by atoms with Crippen molar-refractivity contribution < 1.29 is 9.59 Å². The first-order chi connectivity index (χ1) is 10.0. The average molecular weight is 288 g/mol. The van der Waals surface area contributed by atoms with Gasteiger partial charge in [-0.05, 0) is 32.8 Å². The number of carbonyl (C=O) groups excluding carboxylic acids is 2. The van der Waals surface area contributed by atoms with Crippen LogP contribution in [0.5, 0.6) is 0 Å². The third-order valence-electron chi connectivity index (χ3n) is 4.50. The zero-order valence-corrected chi connectivity index (χ0v) is 12.4. The molecule has 1 unspecified atom stereocenters. The smallest absolute Gasteiger partial charge is 0.249 e. The molecule has 1 spiro atoms. The summed E-state index contributed by atoms with van der Waals surface area (Å²) in [7, 11) is 0. The number of aryl methyl sites for hydroxylation is 1. The number of carbonyl (C=O) groups is 2. The second-order valence-corrected chi connectivity index (χ2v) is 5.98. The Balaban J connectivity index is 1.88. The lowest BCUT2D eigenvalue weighted by atomic mass is 9.91. The van der Waals surface area contributed by atoms with E-state index in [4.69, 9.17) is 0 Å². The van der Waals surface area contributed by atoms with Gasteiger partial charge in [0.2, 0.25) is 11.8 Å². The first kappa shape index (κ1) is 14.0. The molecule has 21 heavy (non-hydrogen) atoms. The Hall–Kier alpha value is -1.98. The molecule has 3 rings (SSSR count). The third-order valence-corrected chi connectivity index (χ3v) is 4.50. The monoisotopic (exact) mass is 288 g/mol. The van der Waals surface area contributed by atoms with Crippen molar-refractivity contribution in [3.8, 4) is 0 Å². The van der Waals surface area contributed by atoms with Crippen LogP contribution in [-0.4, -0.2) is 38.3 Å². The van der Waals surface area contributed by atoms with Crippen molar-refractivity contribution in [2.45, 2.75) is 57.7 Å². The van der Waals surface area contributed by atoms with Crippen molar-refractivity contribution in [1.82, 2.24) is 20.2 Å². The summed E-state index contributed by atoms with van der Waals surface area (Å²) in [6.07, 6.45) is 5.14. The van der Waals surface area contributed by atoms with Crippen LogP contribution >= 0.6 is 0 Å². The van der Waals surface area contributed by atoms with Gasteiger partial charge in [0.15, 0.2) is 0 Å². The topological polar surface area (TPSA) is 75.2 Å². The van der Waals surface area contributed by atoms with Crippen LogP contribution in [0.1, 0.15) is 44.1 Å². The van der Waals surface area contributed by atoms with Crippen molar-refractivity contribution in [3.05, 3.63) is 23.8 Å². The molecule has 0 bridgehead atoms. The van der Waals surface area contributed by atoms with Gasteiger partial charge in [0, 0.05) is 6.20 Å². The van der Waals surface area contributed by atoms with Gasteiger partial charge < -0.3 is 10.2 Å². The quantitative estimate of drug-likeness (QED) is 0.879. The highest BCUT2D eigenvalue weighted by molar-refractivity contribution is 5.99. The summed E-state index contributed by atoms with van der Waals surface area (Å²) < 4.78 is 0. The second kappa shape index (κ2) is 5.09. The minimum absolute atomic E-state index is 0.0309. The van der Waals surface area contributed by atoms with Crippen molar-refractivity contribution in [2.24, 2.45) is 0 Å². The van der Waals surface area contributed by atoms with Crippen LogP contribution in [0, 0.1) is 6.92 Å². The maximum atomic E-state index is 12.9. The molecule has 6 nitrogen and oxygen atoms in total. The van der Waals surface area contributed by atoms with E-state index in [-0.39, 0.29) is 11.8 Å². The molecule has 2 heterocycles. The van der Waals surface area contributed by atoms with Crippen LogP contribution in [-0.2, 0) is 16.1 Å². The molecular weight excluding hydrogens is 268 g/mol. The van der Waals surface area contributed by atoms with E-state index in [1.165, 1.54) is 0 Å². The van der Waals surface area contributed by atoms with Gasteiger partial charge in [0.1, 0.15) is 17.4 Å². The summed E-state index contributed by atoms with van der Waals surface area (Å²) in [4.78, 5) is 35.2. The number of hydrogen-bond acceptors (Lipinski definition) is 4. The van der Waals surface area contributed by atoms with Crippen molar-refractivity contribution in [1.29, 1.82) is 0 Å². The van der Waals surface area contributed by atoms with Crippen molar-refractivity contribution in [2.75, 3.05) is 0 Å². The molecular formula is C15H20N4O2. The number of rotatable bonds is 2. The van der Waals surface area contributed by atoms with Gasteiger partial charge in [-0.15, -0.1) is 0 Å². The summed E-state index contributed by atoms with van der Waals surface area (Å²) in [6, 6.07) is 1.33. The lowest BCUT2D eigenvalue weighted by Gasteiger charge is -2.43. The van der Waals surface area contributed by atoms with Crippen LogP contribution in [0.2, 0.25) is 0 Å². The Morgan fingerprint density at radius 3 is 2.76 bits per heavy atom. The number of nitrogens with zero attached hydrogens (tertiary/aromatic N) is 3. The van der Waals surface area contributed by atoms with Crippen molar-refractivity contribution >= 4 is 11.8 Å². The SMILES string of the molecule is Cc1nccc(CN2C(=O)C3(CCCC3)NC(=O)C2C)n1. The Bertz CT molecular complexity index is 581. The van der Waals surface area contributed by atoms with E-state index < -0.39 is 11.6 Å². The highest BCUT2D eigenvalue weighted by atomic mass is 16.2. The molecule has 1 aromatic heterocycles. The molecule has 1 aromatic rings. The van der Waals surface area contributed by atoms with Crippen LogP contribution < -0.4 is 5.32 Å². The van der Waals surface area contributed by atoms with E-state index in [0.29, 0.717) is 12.4 Å². The molecule has 1 atom stereocenters. The zero-order valence-electron chi connectivity index (χ0n) is 12.4. The Morgan fingerprint density at radius 2 is 2.10 bits per heavy atom. The van der Waals surface area contributed by atoms with E-state index in [0.717, 1.165) is 31.4 Å². The Labute approximate surface area is 124 Å². The summed E-state index contributed by atoms with van der Waals surface area (Å²) in [5.41, 5.74) is 0.0941. The third kappa shape index (κ3) is 2.39. The number of piperazine rings is 1. The highest BCUT2D eigenvalue weighted by Gasteiger charge is 2.50. The average Bonchev–Trinajstić information content (AvgIpc) is 2.91. The van der Waals surface area contributed by atoms with Gasteiger partial charge in [-0.3, -0.25) is 9.59 Å². The first-order valence-corrected chi connectivity index (χ1v) is 7.43. The van der Waals surface area contributed by atoms with E-state index in [1.807, 2.05) is 6.92 Å². The lowest BCUT2D eigenvalue weighted by molar-refractivity contribution is -0.154. The molecule has 112 valence electrons. The fourth-order valence-corrected chi connectivity index (χ4v) is 3.28. The van der Waals surface area contributed by atoms with E-state index in [2.05, 4.69) is 15.3 Å². The number of hydrogen-bond donors (Lipinski definition) is 1. The van der Waals surface area contributed by atoms with E-state index >= 15 is 0 Å². The van der Waals surface area contributed by atoms with Gasteiger partial charge >= 0.3 is 0 Å². The summed E-state index contributed by atoms with van der Waals surface area (Å²) in [5.74, 6) is 0.635. The predicted molar refractivity (Wildman–Crippen MR) is 76.1 cm³/mol. The molecule has 1 aliphatic heterocycles. The first-order valence-electron chi connectivity index (χ1n) is 7.43. The minimum atomic E-state index is -0.675. The molecule has 1 saturated carbocycles. The summed E-state index contributed by atoms with van der Waals surface area (Å²) in [6.45, 7) is 3.94. The molecule has 0 aromatic carbocycles. The fraction of sp³-hybridized carbons (Fsp3) is 0.600. The van der Waals surface area contributed by atoms with Gasteiger partial charge in [-0.2, -0.15) is 0 Å². The maximum absolute atomic E-state index is 12.9. The molecule has 2 aliphatic rings. The predicted octanol–water partition coefficient (Wildman–Crippen LogP) is 0.945. The minimum Gasteiger partial charge on any atom is -0.340 e. The molecule has 0 radical (unpaired) electrons. The highest BCUT2D eigenvalue weighted by Crippen LogP contribution is 2.35. The van der Waals surface area contributed by atoms with E-state index in [9.17, 15) is 9.59 Å². The van der Waals surface area contributed by atoms with Gasteiger partial charge in [-0.25, -0.2) is 9.97 Å². The summed E-state index contributed by atoms with van der Waals surface area (Å²) in [5, 5.41) is 2.96. The Morgan fingerprint density at radius 1 is 1.38 bits per heavy atom. The Kier molecular flexibility index (Phi) is 3.39. The van der Waals surface area contributed by atoms with Crippen LogP contribution in [0.25, 0.3) is 0 Å². The van der Waals surface area contributed by atoms with Crippen LogP contribution in [0.4, 0.5) is 0 Å². The second-order valence-electron chi connectivity index (χ2n) is 5.98. The number of aromatic nitrogens is 2. The zero-order chi connectivity index (χ0) is 15.0. The molecule has 1 N–H and O–H groups in total. The molecule has 2 amide bonds. The van der Waals surface area contributed by atoms with Crippen LogP contribution in [0.3, 0.4) is 0 Å². The molecule has 2 fully saturated rings. The van der Waals surface area contributed by atoms with Crippen LogP contribution in [0.15, 0.2) is 12.3 Å². The molecule has 1 saturated heterocycles. The largest absolute Gasteiger partial charge is 0.340 e. The lowest BCUT2D eigenvalue weighted by Crippen LogP contribution is -2.68. The normalized spacial score (nSPS) is 24.5. The van der Waals surface area contributed by atoms with Gasteiger partial charge in [0.05, 0.1) is 12.2 Å². The van der Waals surface area contributed by atoms with E-state index in [1.54, 1.807) is 24.1 Å². The number of nitrogens with one attached hydrogen (secondary N) is 1. The maximum Gasteiger partial charge on any atom is 0.249 e.